The second kappa shape index (κ2) is 3.09. The molecule has 0 unspecified atom stereocenters. The molecule has 10 heavy (non-hydrogen) atoms. The van der Waals surface area contributed by atoms with Crippen molar-refractivity contribution < 1.29 is 10.2 Å². The van der Waals surface area contributed by atoms with Crippen LogP contribution in [0, 0.1) is 0 Å². The van der Waals surface area contributed by atoms with E-state index < -0.39 is 17.6 Å². The van der Waals surface area contributed by atoms with E-state index in [0.29, 0.717) is 0 Å². The molecule has 2 N–H and O–H groups in total. The van der Waals surface area contributed by atoms with Gasteiger partial charge in [-0.3, -0.25) is 0 Å². The van der Waals surface area contributed by atoms with Crippen LogP contribution < -0.4 is 0 Å². The van der Waals surface area contributed by atoms with E-state index in [2.05, 4.69) is 0 Å². The smallest absolute Gasteiger partial charge is 0.102 e. The fraction of sp³-hybridized carbons (Fsp3) is 0.667. The van der Waals surface area contributed by atoms with E-state index in [4.69, 9.17) is 33.4 Å². The average molecular weight is 183 g/mol. The van der Waals surface area contributed by atoms with Gasteiger partial charge in [0.1, 0.15) is 6.10 Å². The standard InChI is InChI=1S/C6H8Cl2O2/c7-3-1-2-4(9)6(10)5(3)8/h1-6,9-10H/t3-,4+,5+,6+/m0/s1. The van der Waals surface area contributed by atoms with Crippen LogP contribution in [0.4, 0.5) is 0 Å². The molecule has 0 aliphatic heterocycles. The SMILES string of the molecule is O[C@H]1[C@H](Cl)[C@@H](Cl)C=C[C@H]1O. The van der Waals surface area contributed by atoms with Crippen LogP contribution in [0.25, 0.3) is 0 Å². The Labute approximate surface area is 69.1 Å². The number of rotatable bonds is 0. The molecular weight excluding hydrogens is 175 g/mol. The summed E-state index contributed by atoms with van der Waals surface area (Å²) in [7, 11) is 0. The lowest BCUT2D eigenvalue weighted by Crippen LogP contribution is -2.40. The summed E-state index contributed by atoms with van der Waals surface area (Å²) in [6.07, 6.45) is 1.20. The van der Waals surface area contributed by atoms with Gasteiger partial charge in [-0.2, -0.15) is 0 Å². The number of hydrogen-bond acceptors (Lipinski definition) is 2. The van der Waals surface area contributed by atoms with E-state index in [-0.39, 0.29) is 5.38 Å². The highest BCUT2D eigenvalue weighted by atomic mass is 35.5. The highest BCUT2D eigenvalue weighted by Crippen LogP contribution is 2.22. The van der Waals surface area contributed by atoms with Crippen LogP contribution in [0.1, 0.15) is 0 Å². The van der Waals surface area contributed by atoms with Gasteiger partial charge in [0, 0.05) is 0 Å². The number of halogens is 2. The van der Waals surface area contributed by atoms with Gasteiger partial charge in [0.05, 0.1) is 16.9 Å². The van der Waals surface area contributed by atoms with E-state index in [1.165, 1.54) is 6.08 Å². The van der Waals surface area contributed by atoms with Crippen molar-refractivity contribution in [1.29, 1.82) is 0 Å². The normalized spacial score (nSPS) is 47.6. The summed E-state index contributed by atoms with van der Waals surface area (Å²) >= 11 is 11.3. The Bertz CT molecular complexity index is 133. The molecule has 4 atom stereocenters. The number of aliphatic hydroxyl groups is 2. The zero-order valence-corrected chi connectivity index (χ0v) is 6.63. The zero-order valence-electron chi connectivity index (χ0n) is 5.11. The molecule has 2 nitrogen and oxygen atoms in total. The monoisotopic (exact) mass is 182 g/mol. The lowest BCUT2D eigenvalue weighted by Gasteiger charge is -2.26. The molecule has 0 amide bonds. The van der Waals surface area contributed by atoms with Crippen molar-refractivity contribution >= 4 is 23.2 Å². The maximum Gasteiger partial charge on any atom is 0.102 e. The Morgan fingerprint density at radius 1 is 1.10 bits per heavy atom. The summed E-state index contributed by atoms with van der Waals surface area (Å²) < 4.78 is 0. The number of hydrogen-bond donors (Lipinski definition) is 2. The molecule has 1 rings (SSSR count). The first kappa shape index (κ1) is 8.34. The van der Waals surface area contributed by atoms with Crippen molar-refractivity contribution in [3.8, 4) is 0 Å². The van der Waals surface area contributed by atoms with Crippen molar-refractivity contribution in [2.45, 2.75) is 23.0 Å². The van der Waals surface area contributed by atoms with Crippen molar-refractivity contribution in [1.82, 2.24) is 0 Å². The van der Waals surface area contributed by atoms with Crippen LogP contribution in [0.5, 0.6) is 0 Å². The minimum atomic E-state index is -0.950. The molecule has 0 fully saturated rings. The molecule has 0 heterocycles. The van der Waals surface area contributed by atoms with Gasteiger partial charge >= 0.3 is 0 Å². The van der Waals surface area contributed by atoms with Crippen molar-refractivity contribution in [2.24, 2.45) is 0 Å². The van der Waals surface area contributed by atoms with Gasteiger partial charge in [0.15, 0.2) is 0 Å². The maximum atomic E-state index is 9.10. The van der Waals surface area contributed by atoms with E-state index in [1.807, 2.05) is 0 Å². The minimum Gasteiger partial charge on any atom is -0.388 e. The predicted octanol–water partition coefficient (Wildman–Crippen LogP) is 0.493. The second-order valence-electron chi connectivity index (χ2n) is 2.25. The van der Waals surface area contributed by atoms with Gasteiger partial charge in [-0.1, -0.05) is 12.2 Å². The molecule has 4 heteroatoms. The van der Waals surface area contributed by atoms with Crippen LogP contribution in [-0.4, -0.2) is 33.2 Å². The second-order valence-corrected chi connectivity index (χ2v) is 3.26. The van der Waals surface area contributed by atoms with Gasteiger partial charge in [0.25, 0.3) is 0 Å². The fourth-order valence-electron chi connectivity index (χ4n) is 0.817. The molecule has 0 aromatic rings. The predicted molar refractivity (Wildman–Crippen MR) is 40.4 cm³/mol. The Kier molecular flexibility index (Phi) is 2.58. The van der Waals surface area contributed by atoms with Gasteiger partial charge in [-0.25, -0.2) is 0 Å². The summed E-state index contributed by atoms with van der Waals surface area (Å²) in [6.45, 7) is 0. The third kappa shape index (κ3) is 1.45. The molecule has 1 aliphatic carbocycles. The molecule has 1 aliphatic rings. The third-order valence-electron chi connectivity index (χ3n) is 1.47. The highest BCUT2D eigenvalue weighted by molar-refractivity contribution is 6.31. The first-order chi connectivity index (χ1) is 4.63. The third-order valence-corrected chi connectivity index (χ3v) is 2.55. The van der Waals surface area contributed by atoms with Gasteiger partial charge < -0.3 is 10.2 Å². The lowest BCUT2D eigenvalue weighted by molar-refractivity contribution is 0.0423. The average Bonchev–Trinajstić information content (AvgIpc) is 1.93. The van der Waals surface area contributed by atoms with E-state index in [1.54, 1.807) is 6.08 Å². The molecule has 0 aromatic carbocycles. The largest absolute Gasteiger partial charge is 0.388 e. The quantitative estimate of drug-likeness (QED) is 0.424. The lowest BCUT2D eigenvalue weighted by atomic mass is 10.0. The molecule has 0 saturated heterocycles. The van der Waals surface area contributed by atoms with E-state index >= 15 is 0 Å². The van der Waals surface area contributed by atoms with Crippen molar-refractivity contribution in [2.75, 3.05) is 0 Å². The Morgan fingerprint density at radius 2 is 1.70 bits per heavy atom. The molecule has 0 aromatic heterocycles. The molecule has 0 radical (unpaired) electrons. The summed E-state index contributed by atoms with van der Waals surface area (Å²) in [6, 6.07) is 0. The number of aliphatic hydroxyl groups excluding tert-OH is 2. The minimum absolute atomic E-state index is 0.389. The molecular formula is C6H8Cl2O2. The highest BCUT2D eigenvalue weighted by Gasteiger charge is 2.31. The topological polar surface area (TPSA) is 40.5 Å². The van der Waals surface area contributed by atoms with Crippen LogP contribution in [0.15, 0.2) is 12.2 Å². The Morgan fingerprint density at radius 3 is 2.20 bits per heavy atom. The fourth-order valence-corrected chi connectivity index (χ4v) is 1.28. The van der Waals surface area contributed by atoms with Crippen LogP contribution >= 0.6 is 23.2 Å². The molecule has 0 spiro atoms. The molecule has 58 valence electrons. The number of alkyl halides is 2. The van der Waals surface area contributed by atoms with Crippen LogP contribution in [0.2, 0.25) is 0 Å². The van der Waals surface area contributed by atoms with Crippen LogP contribution in [-0.2, 0) is 0 Å². The summed E-state index contributed by atoms with van der Waals surface area (Å²) in [5, 5.41) is 17.1. The first-order valence-electron chi connectivity index (χ1n) is 2.95. The van der Waals surface area contributed by atoms with E-state index in [0.717, 1.165) is 0 Å². The zero-order chi connectivity index (χ0) is 7.72. The molecule has 0 bridgehead atoms. The maximum absolute atomic E-state index is 9.10. The number of allylic oxidation sites excluding steroid dienone is 1. The summed E-state index contributed by atoms with van der Waals surface area (Å²) in [4.78, 5) is 0. The van der Waals surface area contributed by atoms with Crippen molar-refractivity contribution in [3.63, 3.8) is 0 Å². The van der Waals surface area contributed by atoms with E-state index in [9.17, 15) is 0 Å². The van der Waals surface area contributed by atoms with Gasteiger partial charge in [-0.05, 0) is 0 Å². The van der Waals surface area contributed by atoms with Crippen molar-refractivity contribution in [3.05, 3.63) is 12.2 Å². The summed E-state index contributed by atoms with van der Waals surface area (Å²) in [5.74, 6) is 0. The Balaban J connectivity index is 2.69. The first-order valence-corrected chi connectivity index (χ1v) is 3.83. The van der Waals surface area contributed by atoms with Crippen LogP contribution in [0.3, 0.4) is 0 Å². The summed E-state index contributed by atoms with van der Waals surface area (Å²) in [5.41, 5.74) is 0. The Hall–Kier alpha value is 0.240. The molecule has 0 saturated carbocycles. The van der Waals surface area contributed by atoms with Gasteiger partial charge in [-0.15, -0.1) is 23.2 Å². The van der Waals surface area contributed by atoms with Gasteiger partial charge in [0.2, 0.25) is 0 Å².